The molecule has 0 aliphatic rings. The lowest BCUT2D eigenvalue weighted by Gasteiger charge is -2.18. The summed E-state index contributed by atoms with van der Waals surface area (Å²) in [6.07, 6.45) is 4.29. The van der Waals surface area contributed by atoms with Crippen molar-refractivity contribution in [3.8, 4) is 0 Å². The highest BCUT2D eigenvalue weighted by Gasteiger charge is 2.24. The Hall–Kier alpha value is -1.14. The van der Waals surface area contributed by atoms with Crippen molar-refractivity contribution in [2.24, 2.45) is 0 Å². The molecule has 0 spiro atoms. The van der Waals surface area contributed by atoms with Gasteiger partial charge in [-0.1, -0.05) is 33.1 Å². The van der Waals surface area contributed by atoms with Gasteiger partial charge in [0.1, 0.15) is 10.7 Å². The van der Waals surface area contributed by atoms with Crippen LogP contribution in [0.3, 0.4) is 0 Å². The molecule has 1 atom stereocenters. The van der Waals surface area contributed by atoms with E-state index in [-0.39, 0.29) is 22.2 Å². The minimum Gasteiger partial charge on any atom is -0.399 e. The van der Waals surface area contributed by atoms with Gasteiger partial charge in [-0.3, -0.25) is 0 Å². The molecule has 1 rings (SSSR count). The standard InChI is InChI=1S/C15H25FN2O2S/c1-4-6-8-13(7-5-2)18-21(19,20)14-10-12(17)9-11(3)15(14)16/h9-10,13,18H,4-8,17H2,1-3H3. The van der Waals surface area contributed by atoms with Gasteiger partial charge in [-0.2, -0.15) is 0 Å². The number of hydrogen-bond acceptors (Lipinski definition) is 3. The highest BCUT2D eigenvalue weighted by molar-refractivity contribution is 7.89. The predicted octanol–water partition coefficient (Wildman–Crippen LogP) is 3.35. The van der Waals surface area contributed by atoms with Crippen LogP contribution in [-0.4, -0.2) is 14.5 Å². The van der Waals surface area contributed by atoms with E-state index in [1.807, 2.05) is 6.92 Å². The fourth-order valence-corrected chi connectivity index (χ4v) is 3.79. The van der Waals surface area contributed by atoms with Crippen molar-refractivity contribution in [1.82, 2.24) is 4.72 Å². The van der Waals surface area contributed by atoms with E-state index < -0.39 is 15.8 Å². The predicted molar refractivity (Wildman–Crippen MR) is 84.1 cm³/mol. The molecule has 1 aromatic rings. The zero-order valence-electron chi connectivity index (χ0n) is 12.9. The van der Waals surface area contributed by atoms with E-state index in [1.165, 1.54) is 19.1 Å². The maximum Gasteiger partial charge on any atom is 0.243 e. The summed E-state index contributed by atoms with van der Waals surface area (Å²) in [6, 6.07) is 2.43. The summed E-state index contributed by atoms with van der Waals surface area (Å²) in [7, 11) is -3.89. The fourth-order valence-electron chi connectivity index (χ4n) is 2.30. The summed E-state index contributed by atoms with van der Waals surface area (Å²) >= 11 is 0. The summed E-state index contributed by atoms with van der Waals surface area (Å²) in [5, 5.41) is 0. The average Bonchev–Trinajstić information content (AvgIpc) is 2.40. The number of rotatable bonds is 8. The lowest BCUT2D eigenvalue weighted by atomic mass is 10.1. The molecule has 3 N–H and O–H groups in total. The zero-order chi connectivity index (χ0) is 16.0. The van der Waals surface area contributed by atoms with Crippen LogP contribution in [0.2, 0.25) is 0 Å². The monoisotopic (exact) mass is 316 g/mol. The van der Waals surface area contributed by atoms with Crippen LogP contribution in [0.25, 0.3) is 0 Å². The number of aryl methyl sites for hydroxylation is 1. The molecule has 0 fully saturated rings. The quantitative estimate of drug-likeness (QED) is 0.722. The molecule has 0 saturated carbocycles. The first-order chi connectivity index (χ1) is 9.81. The van der Waals surface area contributed by atoms with E-state index in [1.54, 1.807) is 0 Å². The summed E-state index contributed by atoms with van der Waals surface area (Å²) < 4.78 is 41.5. The van der Waals surface area contributed by atoms with Gasteiger partial charge < -0.3 is 5.73 Å². The Morgan fingerprint density at radius 1 is 1.24 bits per heavy atom. The first kappa shape index (κ1) is 17.9. The molecule has 4 nitrogen and oxygen atoms in total. The van der Waals surface area contributed by atoms with E-state index in [4.69, 9.17) is 5.73 Å². The van der Waals surface area contributed by atoms with Crippen molar-refractivity contribution in [3.05, 3.63) is 23.5 Å². The lowest BCUT2D eigenvalue weighted by molar-refractivity contribution is 0.479. The third-order valence-electron chi connectivity index (χ3n) is 3.40. The third-order valence-corrected chi connectivity index (χ3v) is 4.92. The maximum absolute atomic E-state index is 14.1. The minimum absolute atomic E-state index is 0.166. The van der Waals surface area contributed by atoms with Crippen LogP contribution in [0.15, 0.2) is 17.0 Å². The number of nitrogens with one attached hydrogen (secondary N) is 1. The van der Waals surface area contributed by atoms with Crippen molar-refractivity contribution in [3.63, 3.8) is 0 Å². The van der Waals surface area contributed by atoms with Crippen LogP contribution in [-0.2, 0) is 10.0 Å². The highest BCUT2D eigenvalue weighted by Crippen LogP contribution is 2.22. The van der Waals surface area contributed by atoms with Gasteiger partial charge in [-0.25, -0.2) is 17.5 Å². The maximum atomic E-state index is 14.1. The van der Waals surface area contributed by atoms with Crippen LogP contribution in [0.5, 0.6) is 0 Å². The number of nitrogen functional groups attached to an aromatic ring is 1. The Balaban J connectivity index is 3.04. The molecule has 21 heavy (non-hydrogen) atoms. The number of halogens is 1. The second-order valence-corrected chi connectivity index (χ2v) is 7.08. The first-order valence-electron chi connectivity index (χ1n) is 7.39. The Morgan fingerprint density at radius 2 is 1.90 bits per heavy atom. The molecular weight excluding hydrogens is 291 g/mol. The summed E-state index contributed by atoms with van der Waals surface area (Å²) in [5.74, 6) is -0.734. The second kappa shape index (κ2) is 7.75. The van der Waals surface area contributed by atoms with E-state index in [0.717, 1.165) is 32.1 Å². The third kappa shape index (κ3) is 4.97. The van der Waals surface area contributed by atoms with Crippen molar-refractivity contribution >= 4 is 15.7 Å². The van der Waals surface area contributed by atoms with Crippen LogP contribution in [0.1, 0.15) is 51.5 Å². The smallest absolute Gasteiger partial charge is 0.243 e. The van der Waals surface area contributed by atoms with Crippen LogP contribution in [0.4, 0.5) is 10.1 Å². The molecule has 0 aliphatic heterocycles. The number of nitrogens with two attached hydrogens (primary N) is 1. The molecule has 0 radical (unpaired) electrons. The molecule has 120 valence electrons. The largest absolute Gasteiger partial charge is 0.399 e. The van der Waals surface area contributed by atoms with Gasteiger partial charge in [0.2, 0.25) is 10.0 Å². The first-order valence-corrected chi connectivity index (χ1v) is 8.88. The number of anilines is 1. The number of unbranched alkanes of at least 4 members (excludes halogenated alkanes) is 1. The average molecular weight is 316 g/mol. The van der Waals surface area contributed by atoms with Crippen LogP contribution < -0.4 is 10.5 Å². The second-order valence-electron chi connectivity index (χ2n) is 5.40. The minimum atomic E-state index is -3.89. The SMILES string of the molecule is CCCCC(CCC)NS(=O)(=O)c1cc(N)cc(C)c1F. The molecule has 1 aromatic carbocycles. The number of benzene rings is 1. The topological polar surface area (TPSA) is 72.2 Å². The summed E-state index contributed by atoms with van der Waals surface area (Å²) in [6.45, 7) is 5.56. The lowest BCUT2D eigenvalue weighted by Crippen LogP contribution is -2.35. The molecule has 6 heteroatoms. The van der Waals surface area contributed by atoms with Gasteiger partial charge in [-0.15, -0.1) is 0 Å². The van der Waals surface area contributed by atoms with Crippen molar-refractivity contribution in [2.75, 3.05) is 5.73 Å². The number of sulfonamides is 1. The summed E-state index contributed by atoms with van der Waals surface area (Å²) in [4.78, 5) is -0.363. The normalized spacial score (nSPS) is 13.3. The van der Waals surface area contributed by atoms with Crippen molar-refractivity contribution in [2.45, 2.75) is 63.8 Å². The van der Waals surface area contributed by atoms with E-state index >= 15 is 0 Å². The van der Waals surface area contributed by atoms with Crippen LogP contribution >= 0.6 is 0 Å². The van der Waals surface area contributed by atoms with Gasteiger partial charge >= 0.3 is 0 Å². The fraction of sp³-hybridized carbons (Fsp3) is 0.600. The van der Waals surface area contributed by atoms with Gasteiger partial charge in [0.25, 0.3) is 0 Å². The Labute approximate surface area is 127 Å². The van der Waals surface area contributed by atoms with Gasteiger partial charge in [0.05, 0.1) is 0 Å². The summed E-state index contributed by atoms with van der Waals surface area (Å²) in [5.41, 5.74) is 6.11. The zero-order valence-corrected chi connectivity index (χ0v) is 13.8. The molecule has 0 amide bonds. The van der Waals surface area contributed by atoms with Gasteiger partial charge in [0, 0.05) is 11.7 Å². The van der Waals surface area contributed by atoms with E-state index in [9.17, 15) is 12.8 Å². The van der Waals surface area contributed by atoms with Gasteiger partial charge in [-0.05, 0) is 37.5 Å². The molecule has 0 aliphatic carbocycles. The van der Waals surface area contributed by atoms with Crippen molar-refractivity contribution < 1.29 is 12.8 Å². The Kier molecular flexibility index (Phi) is 6.61. The molecule has 0 bridgehead atoms. The molecule has 1 unspecified atom stereocenters. The van der Waals surface area contributed by atoms with E-state index in [0.29, 0.717) is 0 Å². The highest BCUT2D eigenvalue weighted by atomic mass is 32.2. The van der Waals surface area contributed by atoms with Crippen LogP contribution in [0, 0.1) is 12.7 Å². The molecule has 0 heterocycles. The van der Waals surface area contributed by atoms with Crippen molar-refractivity contribution in [1.29, 1.82) is 0 Å². The Morgan fingerprint density at radius 3 is 2.48 bits per heavy atom. The number of hydrogen-bond donors (Lipinski definition) is 2. The van der Waals surface area contributed by atoms with E-state index in [2.05, 4.69) is 11.6 Å². The van der Waals surface area contributed by atoms with Gasteiger partial charge in [0.15, 0.2) is 0 Å². The molecule has 0 saturated heterocycles. The Bertz CT molecular complexity index is 573. The molecular formula is C15H25FN2O2S. The molecule has 0 aromatic heterocycles.